The van der Waals surface area contributed by atoms with Gasteiger partial charge in [-0.05, 0) is 24.8 Å². The fraction of sp³-hybridized carbons (Fsp3) is 0.615. The van der Waals surface area contributed by atoms with Crippen LogP contribution in [-0.4, -0.2) is 29.0 Å². The van der Waals surface area contributed by atoms with E-state index in [1.807, 2.05) is 0 Å². The van der Waals surface area contributed by atoms with Crippen LogP contribution in [0.2, 0.25) is 5.02 Å². The van der Waals surface area contributed by atoms with Crippen molar-refractivity contribution in [1.82, 2.24) is 10.3 Å². The Bertz CT molecular complexity index is 507. The summed E-state index contributed by atoms with van der Waals surface area (Å²) in [4.78, 5) is 14.6. The molecule has 2 heterocycles. The number of aromatic nitrogens is 1. The van der Waals surface area contributed by atoms with E-state index in [-0.39, 0.29) is 28.0 Å². The first-order chi connectivity index (χ1) is 9.40. The smallest absolute Gasteiger partial charge is 0.312 e. The van der Waals surface area contributed by atoms with E-state index in [1.54, 1.807) is 0 Å². The molecule has 2 rings (SSSR count). The van der Waals surface area contributed by atoms with Gasteiger partial charge in [0, 0.05) is 24.8 Å². The van der Waals surface area contributed by atoms with Crippen molar-refractivity contribution in [3.63, 3.8) is 0 Å². The van der Waals surface area contributed by atoms with Gasteiger partial charge >= 0.3 is 5.69 Å². The zero-order chi connectivity index (χ0) is 14.8. The van der Waals surface area contributed by atoms with Crippen molar-refractivity contribution in [2.75, 3.05) is 18.4 Å². The summed E-state index contributed by atoms with van der Waals surface area (Å²) in [7, 11) is 0. The normalized spacial score (nSPS) is 21.4. The highest BCUT2D eigenvalue weighted by Crippen LogP contribution is 2.31. The molecule has 1 aliphatic heterocycles. The predicted octanol–water partition coefficient (Wildman–Crippen LogP) is 2.83. The Balaban J connectivity index is 2.09. The topological polar surface area (TPSA) is 80.1 Å². The van der Waals surface area contributed by atoms with Crippen molar-refractivity contribution in [3.05, 3.63) is 27.4 Å². The Morgan fingerprint density at radius 1 is 1.65 bits per heavy atom. The summed E-state index contributed by atoms with van der Waals surface area (Å²) in [6.45, 7) is 5.98. The Morgan fingerprint density at radius 3 is 3.05 bits per heavy atom. The lowest BCUT2D eigenvalue weighted by Gasteiger charge is -2.39. The number of halogens is 1. The fourth-order valence-electron chi connectivity index (χ4n) is 2.52. The van der Waals surface area contributed by atoms with E-state index >= 15 is 0 Å². The first-order valence-corrected chi connectivity index (χ1v) is 7.05. The van der Waals surface area contributed by atoms with Crippen molar-refractivity contribution >= 4 is 23.1 Å². The lowest BCUT2D eigenvalue weighted by molar-refractivity contribution is -0.384. The van der Waals surface area contributed by atoms with Crippen molar-refractivity contribution in [2.24, 2.45) is 5.41 Å². The Kier molecular flexibility index (Phi) is 4.45. The second-order valence-electron chi connectivity index (χ2n) is 5.76. The Labute approximate surface area is 123 Å². The van der Waals surface area contributed by atoms with E-state index in [1.165, 1.54) is 12.3 Å². The third kappa shape index (κ3) is 3.37. The minimum absolute atomic E-state index is 0.0916. The number of nitrogens with one attached hydrogen (secondary N) is 2. The molecule has 0 radical (unpaired) electrons. The van der Waals surface area contributed by atoms with Gasteiger partial charge in [-0.3, -0.25) is 10.1 Å². The molecule has 110 valence electrons. The van der Waals surface area contributed by atoms with Crippen LogP contribution in [0.1, 0.15) is 26.7 Å². The molecule has 1 aromatic rings. The monoisotopic (exact) mass is 298 g/mol. The molecule has 0 aliphatic carbocycles. The van der Waals surface area contributed by atoms with Gasteiger partial charge in [0.05, 0.1) is 9.95 Å². The summed E-state index contributed by atoms with van der Waals surface area (Å²) in [5.41, 5.74) is 0.0676. The maximum absolute atomic E-state index is 11.0. The molecule has 7 heteroatoms. The number of piperidine rings is 1. The highest BCUT2D eigenvalue weighted by atomic mass is 35.5. The maximum atomic E-state index is 11.0. The van der Waals surface area contributed by atoms with Crippen LogP contribution in [-0.2, 0) is 0 Å². The molecular formula is C13H19ClN4O2. The van der Waals surface area contributed by atoms with Crippen LogP contribution in [0.5, 0.6) is 0 Å². The standard InChI is InChI=1S/C13H19ClN4O2/c1-13(2)4-3-5-15-11(13)8-17-12-10(18(19)20)6-9(14)7-16-12/h6-7,11,15H,3-5,8H2,1-2H3,(H,16,17). The van der Waals surface area contributed by atoms with Crippen molar-refractivity contribution in [1.29, 1.82) is 0 Å². The Morgan fingerprint density at radius 2 is 2.40 bits per heavy atom. The van der Waals surface area contributed by atoms with E-state index in [0.29, 0.717) is 6.54 Å². The molecule has 20 heavy (non-hydrogen) atoms. The molecule has 0 aromatic carbocycles. The molecule has 0 amide bonds. The highest BCUT2D eigenvalue weighted by Gasteiger charge is 2.32. The summed E-state index contributed by atoms with van der Waals surface area (Å²) in [5, 5.41) is 17.8. The molecule has 1 aliphatic rings. The van der Waals surface area contributed by atoms with Crippen molar-refractivity contribution < 1.29 is 4.92 Å². The second-order valence-corrected chi connectivity index (χ2v) is 6.19. The average Bonchev–Trinajstić information content (AvgIpc) is 2.38. The number of nitrogens with zero attached hydrogens (tertiary/aromatic N) is 2. The average molecular weight is 299 g/mol. The third-order valence-electron chi connectivity index (χ3n) is 3.84. The highest BCUT2D eigenvalue weighted by molar-refractivity contribution is 6.30. The van der Waals surface area contributed by atoms with Gasteiger partial charge in [-0.1, -0.05) is 25.4 Å². The summed E-state index contributed by atoms with van der Waals surface area (Å²) >= 11 is 5.75. The quantitative estimate of drug-likeness (QED) is 0.660. The number of hydrogen-bond acceptors (Lipinski definition) is 5. The maximum Gasteiger partial charge on any atom is 0.312 e. The van der Waals surface area contributed by atoms with Crippen LogP contribution in [0.3, 0.4) is 0 Å². The zero-order valence-corrected chi connectivity index (χ0v) is 12.4. The first-order valence-electron chi connectivity index (χ1n) is 6.67. The summed E-state index contributed by atoms with van der Waals surface area (Å²) in [6, 6.07) is 1.57. The van der Waals surface area contributed by atoms with Gasteiger partial charge < -0.3 is 10.6 Å². The number of anilines is 1. The van der Waals surface area contributed by atoms with Gasteiger partial charge in [-0.25, -0.2) is 4.98 Å². The van der Waals surface area contributed by atoms with E-state index in [4.69, 9.17) is 11.6 Å². The molecular weight excluding hydrogens is 280 g/mol. The second kappa shape index (κ2) is 5.93. The third-order valence-corrected chi connectivity index (χ3v) is 4.04. The molecule has 0 saturated carbocycles. The minimum Gasteiger partial charge on any atom is -0.363 e. The largest absolute Gasteiger partial charge is 0.363 e. The van der Waals surface area contributed by atoms with E-state index in [2.05, 4.69) is 29.5 Å². The molecule has 1 unspecified atom stereocenters. The molecule has 1 fully saturated rings. The van der Waals surface area contributed by atoms with Crippen LogP contribution in [0.25, 0.3) is 0 Å². The lowest BCUT2D eigenvalue weighted by atomic mass is 9.77. The molecule has 2 N–H and O–H groups in total. The fourth-order valence-corrected chi connectivity index (χ4v) is 2.67. The number of hydrogen-bond donors (Lipinski definition) is 2. The summed E-state index contributed by atoms with van der Waals surface area (Å²) in [5.74, 6) is 0.266. The zero-order valence-electron chi connectivity index (χ0n) is 11.6. The molecule has 1 atom stereocenters. The number of nitro groups is 1. The number of pyridine rings is 1. The van der Waals surface area contributed by atoms with Gasteiger partial charge in [0.25, 0.3) is 0 Å². The summed E-state index contributed by atoms with van der Waals surface area (Å²) in [6.07, 6.45) is 3.71. The molecule has 1 saturated heterocycles. The predicted molar refractivity (Wildman–Crippen MR) is 79.2 cm³/mol. The first kappa shape index (κ1) is 15.0. The SMILES string of the molecule is CC1(C)CCCNC1CNc1ncc(Cl)cc1[N+](=O)[O-]. The van der Waals surface area contributed by atoms with E-state index in [0.717, 1.165) is 19.4 Å². The van der Waals surface area contributed by atoms with Gasteiger partial charge in [0.15, 0.2) is 0 Å². The van der Waals surface area contributed by atoms with Crippen LogP contribution in [0, 0.1) is 15.5 Å². The number of rotatable bonds is 4. The van der Waals surface area contributed by atoms with Gasteiger partial charge in [-0.15, -0.1) is 0 Å². The molecule has 0 spiro atoms. The van der Waals surface area contributed by atoms with Gasteiger partial charge in [0.1, 0.15) is 0 Å². The van der Waals surface area contributed by atoms with Crippen LogP contribution >= 0.6 is 11.6 Å². The molecule has 6 nitrogen and oxygen atoms in total. The van der Waals surface area contributed by atoms with Crippen molar-refractivity contribution in [3.8, 4) is 0 Å². The van der Waals surface area contributed by atoms with Crippen LogP contribution in [0.15, 0.2) is 12.3 Å². The van der Waals surface area contributed by atoms with Crippen LogP contribution < -0.4 is 10.6 Å². The van der Waals surface area contributed by atoms with E-state index < -0.39 is 4.92 Å². The summed E-state index contributed by atoms with van der Waals surface area (Å²) < 4.78 is 0. The molecule has 1 aromatic heterocycles. The van der Waals surface area contributed by atoms with E-state index in [9.17, 15) is 10.1 Å². The Hall–Kier alpha value is -1.40. The van der Waals surface area contributed by atoms with Gasteiger partial charge in [0.2, 0.25) is 5.82 Å². The molecule has 0 bridgehead atoms. The lowest BCUT2D eigenvalue weighted by Crippen LogP contribution is -2.50. The minimum atomic E-state index is -0.472. The van der Waals surface area contributed by atoms with Crippen LogP contribution in [0.4, 0.5) is 11.5 Å². The van der Waals surface area contributed by atoms with Crippen molar-refractivity contribution in [2.45, 2.75) is 32.7 Å². The van der Waals surface area contributed by atoms with Gasteiger partial charge in [-0.2, -0.15) is 0 Å².